The fourth-order valence-electron chi connectivity index (χ4n) is 2.91. The third-order valence-electron chi connectivity index (χ3n) is 4.22. The lowest BCUT2D eigenvalue weighted by atomic mass is 10.0. The molecule has 0 saturated carbocycles. The Morgan fingerprint density at radius 2 is 1.81 bits per heavy atom. The number of hydrogen-bond acceptors (Lipinski definition) is 5. The highest BCUT2D eigenvalue weighted by Gasteiger charge is 2.21. The number of halogens is 3. The van der Waals surface area contributed by atoms with Gasteiger partial charge in [0.05, 0.1) is 24.2 Å². The predicted molar refractivity (Wildman–Crippen MR) is 98.6 cm³/mol. The van der Waals surface area contributed by atoms with Crippen molar-refractivity contribution in [1.29, 1.82) is 0 Å². The molecule has 142 valence electrons. The van der Waals surface area contributed by atoms with E-state index in [-0.39, 0.29) is 11.3 Å². The van der Waals surface area contributed by atoms with Gasteiger partial charge in [-0.2, -0.15) is 0 Å². The standard InChI is InChI=1S/C19H19F3N4O/c1-9(13-6-11(23)7-15(17(13)20)18(21)22)24-19-14-8-12(27-3)4-5-16(14)25-10(2)26-19/h4-9,18H,23H2,1-3H3,(H,24,25,26)/t9-/m1/s1. The van der Waals surface area contributed by atoms with Crippen LogP contribution in [0.15, 0.2) is 30.3 Å². The van der Waals surface area contributed by atoms with Gasteiger partial charge in [-0.25, -0.2) is 23.1 Å². The van der Waals surface area contributed by atoms with Crippen LogP contribution in [-0.2, 0) is 0 Å². The zero-order valence-electron chi connectivity index (χ0n) is 15.1. The molecule has 0 radical (unpaired) electrons. The summed E-state index contributed by atoms with van der Waals surface area (Å²) in [5.74, 6) is 0.598. The second-order valence-electron chi connectivity index (χ2n) is 6.18. The van der Waals surface area contributed by atoms with Gasteiger partial charge >= 0.3 is 0 Å². The molecule has 0 bridgehead atoms. The quantitative estimate of drug-likeness (QED) is 0.627. The molecule has 0 fully saturated rings. The SMILES string of the molecule is COc1ccc2nc(C)nc(N[C@H](C)c3cc(N)cc(C(F)F)c3F)c2c1. The normalized spacial score (nSPS) is 12.4. The van der Waals surface area contributed by atoms with Crippen molar-refractivity contribution in [2.75, 3.05) is 18.2 Å². The van der Waals surface area contributed by atoms with Gasteiger partial charge in [-0.3, -0.25) is 0 Å². The Balaban J connectivity index is 2.05. The minimum Gasteiger partial charge on any atom is -0.497 e. The lowest BCUT2D eigenvalue weighted by molar-refractivity contribution is 0.146. The summed E-state index contributed by atoms with van der Waals surface area (Å²) in [7, 11) is 1.54. The van der Waals surface area contributed by atoms with Gasteiger partial charge in [0, 0.05) is 16.6 Å². The summed E-state index contributed by atoms with van der Waals surface area (Å²) in [4.78, 5) is 8.73. The van der Waals surface area contributed by atoms with E-state index in [0.717, 1.165) is 6.07 Å². The van der Waals surface area contributed by atoms with Crippen LogP contribution in [0.25, 0.3) is 10.9 Å². The number of hydrogen-bond donors (Lipinski definition) is 2. The summed E-state index contributed by atoms with van der Waals surface area (Å²) in [5, 5.41) is 3.75. The Labute approximate surface area is 154 Å². The highest BCUT2D eigenvalue weighted by atomic mass is 19.3. The van der Waals surface area contributed by atoms with Crippen molar-refractivity contribution in [1.82, 2.24) is 9.97 Å². The van der Waals surface area contributed by atoms with Crippen LogP contribution in [-0.4, -0.2) is 17.1 Å². The van der Waals surface area contributed by atoms with Crippen LogP contribution in [0.3, 0.4) is 0 Å². The van der Waals surface area contributed by atoms with Gasteiger partial charge in [0.1, 0.15) is 23.2 Å². The molecule has 0 amide bonds. The molecule has 0 saturated heterocycles. The second-order valence-corrected chi connectivity index (χ2v) is 6.18. The molecule has 3 aromatic rings. The van der Waals surface area contributed by atoms with Crippen molar-refractivity contribution >= 4 is 22.4 Å². The van der Waals surface area contributed by atoms with Gasteiger partial charge in [0.2, 0.25) is 0 Å². The molecular formula is C19H19F3N4O. The monoisotopic (exact) mass is 376 g/mol. The number of aromatic nitrogens is 2. The Hall–Kier alpha value is -3.03. The third kappa shape index (κ3) is 3.74. The van der Waals surface area contributed by atoms with Crippen molar-refractivity contribution in [3.8, 4) is 5.75 Å². The number of benzene rings is 2. The first-order valence-corrected chi connectivity index (χ1v) is 8.26. The summed E-state index contributed by atoms with van der Waals surface area (Å²) in [6.07, 6.45) is -2.95. The number of methoxy groups -OCH3 is 1. The van der Waals surface area contributed by atoms with E-state index < -0.39 is 23.8 Å². The van der Waals surface area contributed by atoms with Crippen molar-refractivity contribution in [3.63, 3.8) is 0 Å². The number of anilines is 2. The van der Waals surface area contributed by atoms with Crippen LogP contribution < -0.4 is 15.8 Å². The third-order valence-corrected chi connectivity index (χ3v) is 4.22. The van der Waals surface area contributed by atoms with E-state index in [1.165, 1.54) is 6.07 Å². The maximum Gasteiger partial charge on any atom is 0.266 e. The number of alkyl halides is 2. The summed E-state index contributed by atoms with van der Waals surface area (Å²) >= 11 is 0. The van der Waals surface area contributed by atoms with Crippen LogP contribution in [0.5, 0.6) is 5.75 Å². The van der Waals surface area contributed by atoms with Crippen LogP contribution in [0, 0.1) is 12.7 Å². The molecule has 2 aromatic carbocycles. The van der Waals surface area contributed by atoms with E-state index in [1.54, 1.807) is 39.2 Å². The van der Waals surface area contributed by atoms with E-state index >= 15 is 0 Å². The molecule has 0 spiro atoms. The summed E-state index contributed by atoms with van der Waals surface area (Å²) in [6, 6.07) is 6.95. The van der Waals surface area contributed by atoms with E-state index in [2.05, 4.69) is 15.3 Å². The first kappa shape index (κ1) is 18.8. The Morgan fingerprint density at radius 3 is 2.48 bits per heavy atom. The van der Waals surface area contributed by atoms with Crippen molar-refractivity contribution in [3.05, 3.63) is 53.1 Å². The molecule has 3 rings (SSSR count). The van der Waals surface area contributed by atoms with Crippen molar-refractivity contribution in [2.45, 2.75) is 26.3 Å². The van der Waals surface area contributed by atoms with Gasteiger partial charge in [0.25, 0.3) is 6.43 Å². The summed E-state index contributed by atoms with van der Waals surface area (Å²) < 4.78 is 45.9. The predicted octanol–water partition coefficient (Wildman–Crippen LogP) is 4.78. The number of fused-ring (bicyclic) bond motifs is 1. The number of nitrogens with two attached hydrogens (primary N) is 1. The molecule has 27 heavy (non-hydrogen) atoms. The van der Waals surface area contributed by atoms with Gasteiger partial charge in [-0.1, -0.05) is 0 Å². The zero-order valence-corrected chi connectivity index (χ0v) is 15.1. The minimum atomic E-state index is -2.95. The molecule has 1 heterocycles. The number of aryl methyl sites for hydroxylation is 1. The maximum atomic E-state index is 14.5. The highest BCUT2D eigenvalue weighted by molar-refractivity contribution is 5.90. The highest BCUT2D eigenvalue weighted by Crippen LogP contribution is 2.33. The molecule has 8 heteroatoms. The molecule has 1 atom stereocenters. The Morgan fingerprint density at radius 1 is 1.11 bits per heavy atom. The molecule has 0 aliphatic carbocycles. The number of nitrogens with zero attached hydrogens (tertiary/aromatic N) is 2. The Kier molecular flexibility index (Phi) is 5.07. The largest absolute Gasteiger partial charge is 0.497 e. The second kappa shape index (κ2) is 7.30. The van der Waals surface area contributed by atoms with Gasteiger partial charge < -0.3 is 15.8 Å². The van der Waals surface area contributed by atoms with Gasteiger partial charge in [0.15, 0.2) is 0 Å². The molecule has 0 aliphatic rings. The molecule has 5 nitrogen and oxygen atoms in total. The summed E-state index contributed by atoms with van der Waals surface area (Å²) in [5.41, 5.74) is 5.75. The number of nitrogens with one attached hydrogen (secondary N) is 1. The van der Waals surface area contributed by atoms with Crippen molar-refractivity contribution in [2.24, 2.45) is 0 Å². The lowest BCUT2D eigenvalue weighted by Crippen LogP contribution is -2.13. The zero-order chi connectivity index (χ0) is 19.7. The fourth-order valence-corrected chi connectivity index (χ4v) is 2.91. The van der Waals surface area contributed by atoms with Crippen LogP contribution >= 0.6 is 0 Å². The number of rotatable bonds is 5. The molecular weight excluding hydrogens is 357 g/mol. The number of ether oxygens (including phenoxy) is 1. The average Bonchev–Trinajstić information content (AvgIpc) is 2.62. The molecule has 3 N–H and O–H groups in total. The average molecular weight is 376 g/mol. The van der Waals surface area contributed by atoms with Gasteiger partial charge in [-0.15, -0.1) is 0 Å². The smallest absolute Gasteiger partial charge is 0.266 e. The molecule has 0 unspecified atom stereocenters. The topological polar surface area (TPSA) is 73.1 Å². The molecule has 0 aliphatic heterocycles. The van der Waals surface area contributed by atoms with Crippen LogP contribution in [0.2, 0.25) is 0 Å². The van der Waals surface area contributed by atoms with E-state index in [1.807, 2.05) is 0 Å². The van der Waals surface area contributed by atoms with Gasteiger partial charge in [-0.05, 0) is 44.2 Å². The Bertz CT molecular complexity index is 994. The first-order valence-electron chi connectivity index (χ1n) is 8.26. The van der Waals surface area contributed by atoms with Crippen LogP contribution in [0.1, 0.15) is 36.3 Å². The molecule has 1 aromatic heterocycles. The first-order chi connectivity index (χ1) is 12.8. The van der Waals surface area contributed by atoms with Crippen molar-refractivity contribution < 1.29 is 17.9 Å². The van der Waals surface area contributed by atoms with Crippen LogP contribution in [0.4, 0.5) is 24.7 Å². The number of nitrogen functional groups attached to an aromatic ring is 1. The van der Waals surface area contributed by atoms with E-state index in [4.69, 9.17) is 10.5 Å². The minimum absolute atomic E-state index is 0.0395. The summed E-state index contributed by atoms with van der Waals surface area (Å²) in [6.45, 7) is 3.38. The lowest BCUT2D eigenvalue weighted by Gasteiger charge is -2.19. The maximum absolute atomic E-state index is 14.5. The fraction of sp³-hybridized carbons (Fsp3) is 0.263. The van der Waals surface area contributed by atoms with E-state index in [0.29, 0.717) is 28.3 Å². The van der Waals surface area contributed by atoms with E-state index in [9.17, 15) is 13.2 Å².